The zero-order valence-corrected chi connectivity index (χ0v) is 23.6. The van der Waals surface area contributed by atoms with Crippen LogP contribution in [0.15, 0.2) is 150 Å². The van der Waals surface area contributed by atoms with Crippen LogP contribution in [0.1, 0.15) is 27.8 Å². The van der Waals surface area contributed by atoms with Gasteiger partial charge < -0.3 is 9.04 Å². The maximum absolute atomic E-state index is 10.4. The van der Waals surface area contributed by atoms with E-state index in [1.165, 1.54) is 34.4 Å². The van der Waals surface area contributed by atoms with Gasteiger partial charge in [0.25, 0.3) is 0 Å². The Morgan fingerprint density at radius 2 is 0.750 bits per heavy atom. The molecule has 5 aromatic rings. The summed E-state index contributed by atoms with van der Waals surface area (Å²) >= 11 is 0. The molecule has 0 spiro atoms. The maximum atomic E-state index is 10.4. The monoisotopic (exact) mass is 549 g/mol. The number of hydrogen-bond donors (Lipinski definition) is 0. The highest BCUT2D eigenvalue weighted by Crippen LogP contribution is 2.27. The van der Waals surface area contributed by atoms with E-state index in [-0.39, 0.29) is 4.90 Å². The molecule has 0 aliphatic heterocycles. The van der Waals surface area contributed by atoms with E-state index in [2.05, 4.69) is 121 Å². The smallest absolute Gasteiger partial charge is 0.124 e. The molecule has 0 aliphatic rings. The van der Waals surface area contributed by atoms with Crippen molar-refractivity contribution in [3.63, 3.8) is 0 Å². The van der Waals surface area contributed by atoms with Gasteiger partial charge in [0.1, 0.15) is 36.3 Å². The topological polar surface area (TPSA) is 57.2 Å². The van der Waals surface area contributed by atoms with Gasteiger partial charge in [-0.15, -0.1) is 0 Å². The Labute approximate surface area is 238 Å². The van der Waals surface area contributed by atoms with Crippen molar-refractivity contribution < 1.29 is 17.5 Å². The number of benzene rings is 5. The van der Waals surface area contributed by atoms with Crippen LogP contribution in [0.3, 0.4) is 0 Å². The molecule has 0 saturated heterocycles. The van der Waals surface area contributed by atoms with E-state index in [0.29, 0.717) is 0 Å². The highest BCUT2D eigenvalue weighted by atomic mass is 32.2. The first-order chi connectivity index (χ1) is 19.3. The molecule has 0 N–H and O–H groups in total. The minimum atomic E-state index is -4.27. The average molecular weight is 550 g/mol. The molecule has 0 saturated carbocycles. The van der Waals surface area contributed by atoms with Crippen LogP contribution < -0.4 is 0 Å². The van der Waals surface area contributed by atoms with E-state index in [9.17, 15) is 13.0 Å². The molecular formula is C35H35NO3S. The number of quaternary nitrogens is 1. The van der Waals surface area contributed by atoms with Crippen molar-refractivity contribution in [2.24, 2.45) is 0 Å². The van der Waals surface area contributed by atoms with E-state index < -0.39 is 10.1 Å². The van der Waals surface area contributed by atoms with Crippen molar-refractivity contribution >= 4 is 10.1 Å². The second kappa shape index (κ2) is 13.9. The first kappa shape index (κ1) is 29.0. The lowest BCUT2D eigenvalue weighted by Crippen LogP contribution is -2.45. The molecule has 0 aliphatic carbocycles. The van der Waals surface area contributed by atoms with Crippen molar-refractivity contribution in [3.8, 4) is 0 Å². The van der Waals surface area contributed by atoms with E-state index in [1.807, 2.05) is 6.92 Å². The molecule has 0 fully saturated rings. The standard InChI is InChI=1S/C28H28N.C7H8O3S/c1-5-13-25(14-6-1)21-29(22-26-15-7-2-8-16-26,23-27-17-9-3-10-18-27)24-28-19-11-4-12-20-28;1-6-2-4-7(5-3-6)11(8,9)10/h1-20H,21-24H2;2-5H,1H3,(H,8,9,10)/q+1;/p-1. The highest BCUT2D eigenvalue weighted by Gasteiger charge is 2.29. The lowest BCUT2D eigenvalue weighted by atomic mass is 10.0. The lowest BCUT2D eigenvalue weighted by molar-refractivity contribution is -0.978. The summed E-state index contributed by atoms with van der Waals surface area (Å²) in [5.74, 6) is 0. The van der Waals surface area contributed by atoms with Gasteiger partial charge in [-0.05, 0) is 19.1 Å². The molecule has 0 radical (unpaired) electrons. The van der Waals surface area contributed by atoms with Crippen LogP contribution in [0.25, 0.3) is 0 Å². The second-order valence-corrected chi connectivity index (χ2v) is 11.6. The molecule has 0 heterocycles. The fourth-order valence-corrected chi connectivity index (χ4v) is 5.39. The zero-order valence-electron chi connectivity index (χ0n) is 22.8. The van der Waals surface area contributed by atoms with Crippen molar-refractivity contribution in [3.05, 3.63) is 173 Å². The van der Waals surface area contributed by atoms with Gasteiger partial charge in [0, 0.05) is 22.3 Å². The summed E-state index contributed by atoms with van der Waals surface area (Å²) in [6, 6.07) is 49.5. The molecular weight excluding hydrogens is 514 g/mol. The molecule has 5 aromatic carbocycles. The summed E-state index contributed by atoms with van der Waals surface area (Å²) in [4.78, 5) is -0.178. The number of nitrogens with zero attached hydrogens (tertiary/aromatic N) is 1. The SMILES string of the molecule is Cc1ccc(S(=O)(=O)[O-])cc1.c1ccc(C[N+](Cc2ccccc2)(Cc2ccccc2)Cc2ccccc2)cc1. The minimum absolute atomic E-state index is 0.178. The summed E-state index contributed by atoms with van der Waals surface area (Å²) in [6.07, 6.45) is 0. The number of rotatable bonds is 9. The molecule has 40 heavy (non-hydrogen) atoms. The molecule has 5 heteroatoms. The van der Waals surface area contributed by atoms with Crippen LogP contribution in [0, 0.1) is 6.92 Å². The molecule has 0 aromatic heterocycles. The van der Waals surface area contributed by atoms with Gasteiger partial charge in [-0.1, -0.05) is 139 Å². The van der Waals surface area contributed by atoms with E-state index in [4.69, 9.17) is 0 Å². The summed E-state index contributed by atoms with van der Waals surface area (Å²) in [5.41, 5.74) is 6.47. The third kappa shape index (κ3) is 9.02. The molecule has 4 nitrogen and oxygen atoms in total. The first-order valence-corrected chi connectivity index (χ1v) is 14.8. The quantitative estimate of drug-likeness (QED) is 0.141. The summed E-state index contributed by atoms with van der Waals surface area (Å²) < 4.78 is 32.1. The van der Waals surface area contributed by atoms with Crippen LogP contribution >= 0.6 is 0 Å². The maximum Gasteiger partial charge on any atom is 0.124 e. The Morgan fingerprint density at radius 1 is 0.475 bits per heavy atom. The zero-order chi connectivity index (χ0) is 28.3. The van der Waals surface area contributed by atoms with E-state index in [0.717, 1.165) is 36.2 Å². The van der Waals surface area contributed by atoms with Crippen LogP contribution in [-0.4, -0.2) is 17.5 Å². The van der Waals surface area contributed by atoms with Crippen molar-refractivity contribution in [1.82, 2.24) is 0 Å². The van der Waals surface area contributed by atoms with Gasteiger partial charge in [-0.3, -0.25) is 0 Å². The summed E-state index contributed by atoms with van der Waals surface area (Å²) in [7, 11) is -4.27. The predicted octanol–water partition coefficient (Wildman–Crippen LogP) is 7.50. The van der Waals surface area contributed by atoms with Crippen LogP contribution in [0.2, 0.25) is 0 Å². The van der Waals surface area contributed by atoms with Crippen molar-refractivity contribution in [1.29, 1.82) is 0 Å². The predicted molar refractivity (Wildman–Crippen MR) is 160 cm³/mol. The molecule has 204 valence electrons. The Hall–Kier alpha value is -4.03. The van der Waals surface area contributed by atoms with Crippen LogP contribution in [-0.2, 0) is 36.3 Å². The van der Waals surface area contributed by atoms with E-state index in [1.54, 1.807) is 12.1 Å². The normalized spacial score (nSPS) is 11.3. The lowest BCUT2D eigenvalue weighted by Gasteiger charge is -2.39. The van der Waals surface area contributed by atoms with Gasteiger partial charge in [0.15, 0.2) is 0 Å². The Kier molecular flexibility index (Phi) is 10.0. The molecule has 0 atom stereocenters. The first-order valence-electron chi connectivity index (χ1n) is 13.3. The number of hydrogen-bond acceptors (Lipinski definition) is 3. The number of aryl methyl sites for hydroxylation is 1. The Balaban J connectivity index is 0.000000283. The van der Waals surface area contributed by atoms with Gasteiger partial charge in [-0.2, -0.15) is 0 Å². The highest BCUT2D eigenvalue weighted by molar-refractivity contribution is 7.85. The van der Waals surface area contributed by atoms with Crippen molar-refractivity contribution in [2.45, 2.75) is 38.0 Å². The van der Waals surface area contributed by atoms with Gasteiger partial charge in [0.2, 0.25) is 0 Å². The van der Waals surface area contributed by atoms with Crippen molar-refractivity contribution in [2.75, 3.05) is 0 Å². The fourth-order valence-electron chi connectivity index (χ4n) is 4.92. The van der Waals surface area contributed by atoms with Crippen LogP contribution in [0.4, 0.5) is 0 Å². The Bertz CT molecular complexity index is 1370. The van der Waals surface area contributed by atoms with Gasteiger partial charge in [-0.25, -0.2) is 8.42 Å². The largest absolute Gasteiger partial charge is 0.744 e. The molecule has 0 bridgehead atoms. The van der Waals surface area contributed by atoms with Crippen LogP contribution in [0.5, 0.6) is 0 Å². The third-order valence-corrected chi connectivity index (χ3v) is 7.60. The summed E-state index contributed by atoms with van der Waals surface area (Å²) in [5, 5.41) is 0. The molecule has 0 amide bonds. The summed E-state index contributed by atoms with van der Waals surface area (Å²) in [6.45, 7) is 5.82. The fraction of sp³-hybridized carbons (Fsp3) is 0.143. The molecule has 0 unspecified atom stereocenters. The minimum Gasteiger partial charge on any atom is -0.744 e. The third-order valence-electron chi connectivity index (χ3n) is 6.75. The second-order valence-electron chi connectivity index (χ2n) is 10.2. The molecule has 5 rings (SSSR count). The van der Waals surface area contributed by atoms with Gasteiger partial charge in [0.05, 0.1) is 4.90 Å². The van der Waals surface area contributed by atoms with Gasteiger partial charge >= 0.3 is 0 Å². The average Bonchev–Trinajstić information content (AvgIpc) is 2.95. The Morgan fingerprint density at radius 3 is 1.00 bits per heavy atom. The van der Waals surface area contributed by atoms with E-state index >= 15 is 0 Å².